The van der Waals surface area contributed by atoms with Gasteiger partial charge in [-0.2, -0.15) is 22.0 Å². The van der Waals surface area contributed by atoms with Gasteiger partial charge in [0.15, 0.2) is 0 Å². The maximum absolute atomic E-state index is 12.7. The van der Waals surface area contributed by atoms with E-state index in [1.807, 2.05) is 0 Å². The Morgan fingerprint density at radius 2 is 1.88 bits per heavy atom. The summed E-state index contributed by atoms with van der Waals surface area (Å²) in [6.07, 6.45) is -6.48. The summed E-state index contributed by atoms with van der Waals surface area (Å²) in [7, 11) is 0. The number of rotatable bonds is 8. The SMILES string of the molecule is O=C(CCCCCC(F)(F)C(F)(F)F)Nc1ncc(Cl)cc1[N+](=O)[O-]. The van der Waals surface area contributed by atoms with Gasteiger partial charge in [-0.15, -0.1) is 0 Å². The van der Waals surface area contributed by atoms with E-state index in [-0.39, 0.29) is 30.1 Å². The van der Waals surface area contributed by atoms with E-state index < -0.39 is 41.5 Å². The third-order valence-corrected chi connectivity index (χ3v) is 3.30. The van der Waals surface area contributed by atoms with Crippen LogP contribution in [0.15, 0.2) is 12.3 Å². The van der Waals surface area contributed by atoms with Gasteiger partial charge in [0.05, 0.1) is 9.95 Å². The summed E-state index contributed by atoms with van der Waals surface area (Å²) in [5, 5.41) is 13.0. The minimum absolute atomic E-state index is 0.00436. The van der Waals surface area contributed by atoms with Gasteiger partial charge in [-0.05, 0) is 12.8 Å². The van der Waals surface area contributed by atoms with Crippen LogP contribution in [0.1, 0.15) is 32.1 Å². The highest BCUT2D eigenvalue weighted by Crippen LogP contribution is 2.39. The molecular formula is C13H13ClF5N3O3. The van der Waals surface area contributed by atoms with Gasteiger partial charge >= 0.3 is 17.8 Å². The fourth-order valence-electron chi connectivity index (χ4n) is 1.81. The number of pyridine rings is 1. The number of carbonyl (C=O) groups is 1. The zero-order valence-electron chi connectivity index (χ0n) is 12.6. The van der Waals surface area contributed by atoms with E-state index in [0.717, 1.165) is 12.3 Å². The number of amides is 1. The molecule has 0 saturated carbocycles. The van der Waals surface area contributed by atoms with Gasteiger partial charge in [0.1, 0.15) is 0 Å². The van der Waals surface area contributed by atoms with E-state index in [9.17, 15) is 36.9 Å². The Morgan fingerprint density at radius 3 is 2.44 bits per heavy atom. The summed E-state index contributed by atoms with van der Waals surface area (Å²) < 4.78 is 61.2. The van der Waals surface area contributed by atoms with Gasteiger partial charge in [-0.3, -0.25) is 14.9 Å². The summed E-state index contributed by atoms with van der Waals surface area (Å²) >= 11 is 5.56. The molecule has 1 amide bonds. The van der Waals surface area contributed by atoms with Crippen LogP contribution in [0.25, 0.3) is 0 Å². The lowest BCUT2D eigenvalue weighted by atomic mass is 10.1. The number of aromatic nitrogens is 1. The average Bonchev–Trinajstić information content (AvgIpc) is 2.47. The highest BCUT2D eigenvalue weighted by molar-refractivity contribution is 6.30. The summed E-state index contributed by atoms with van der Waals surface area (Å²) in [6.45, 7) is 0. The van der Waals surface area contributed by atoms with Crippen molar-refractivity contribution >= 4 is 29.0 Å². The lowest BCUT2D eigenvalue weighted by Gasteiger charge is -2.19. The van der Waals surface area contributed by atoms with E-state index in [4.69, 9.17) is 11.6 Å². The number of hydrogen-bond donors (Lipinski definition) is 1. The van der Waals surface area contributed by atoms with Crippen LogP contribution in [0.5, 0.6) is 0 Å². The van der Waals surface area contributed by atoms with Crippen molar-refractivity contribution in [3.05, 3.63) is 27.4 Å². The quantitative estimate of drug-likeness (QED) is 0.301. The minimum Gasteiger partial charge on any atom is -0.305 e. The van der Waals surface area contributed by atoms with Crippen LogP contribution in [0.4, 0.5) is 33.5 Å². The second-order valence-corrected chi connectivity index (χ2v) is 5.53. The van der Waals surface area contributed by atoms with Crippen LogP contribution in [-0.2, 0) is 4.79 Å². The van der Waals surface area contributed by atoms with E-state index in [2.05, 4.69) is 10.3 Å². The van der Waals surface area contributed by atoms with Crippen LogP contribution in [0, 0.1) is 10.1 Å². The number of halogens is 6. The molecular weight excluding hydrogens is 377 g/mol. The Kier molecular flexibility index (Phi) is 7.03. The second-order valence-electron chi connectivity index (χ2n) is 5.09. The van der Waals surface area contributed by atoms with E-state index >= 15 is 0 Å². The molecule has 1 aromatic heterocycles. The molecule has 0 aliphatic heterocycles. The lowest BCUT2D eigenvalue weighted by Crippen LogP contribution is -2.36. The van der Waals surface area contributed by atoms with Crippen LogP contribution < -0.4 is 5.32 Å². The Labute approximate surface area is 143 Å². The molecule has 12 heteroatoms. The van der Waals surface area contributed by atoms with Gasteiger partial charge in [0, 0.05) is 25.1 Å². The summed E-state index contributed by atoms with van der Waals surface area (Å²) in [4.78, 5) is 25.3. The minimum atomic E-state index is -5.59. The van der Waals surface area contributed by atoms with Crippen molar-refractivity contribution in [2.24, 2.45) is 0 Å². The summed E-state index contributed by atoms with van der Waals surface area (Å²) in [6, 6.07) is 0.989. The zero-order valence-corrected chi connectivity index (χ0v) is 13.3. The van der Waals surface area contributed by atoms with Crippen molar-refractivity contribution in [3.63, 3.8) is 0 Å². The van der Waals surface area contributed by atoms with Gasteiger partial charge in [0.2, 0.25) is 11.7 Å². The largest absolute Gasteiger partial charge is 0.453 e. The van der Waals surface area contributed by atoms with Crippen molar-refractivity contribution in [2.75, 3.05) is 5.32 Å². The molecule has 25 heavy (non-hydrogen) atoms. The van der Waals surface area contributed by atoms with Crippen molar-refractivity contribution in [3.8, 4) is 0 Å². The van der Waals surface area contributed by atoms with E-state index in [1.54, 1.807) is 0 Å². The number of nitrogens with one attached hydrogen (secondary N) is 1. The topological polar surface area (TPSA) is 85.1 Å². The predicted octanol–water partition coefficient (Wildman–Crippen LogP) is 4.73. The van der Waals surface area contributed by atoms with Crippen molar-refractivity contribution in [2.45, 2.75) is 44.2 Å². The molecule has 1 N–H and O–H groups in total. The average molecular weight is 390 g/mol. The Hall–Kier alpha value is -2.04. The number of unbranched alkanes of at least 4 members (excludes halogenated alkanes) is 2. The molecule has 0 spiro atoms. The molecule has 0 aliphatic rings. The van der Waals surface area contributed by atoms with Crippen molar-refractivity contribution < 1.29 is 31.7 Å². The third-order valence-electron chi connectivity index (χ3n) is 3.10. The lowest BCUT2D eigenvalue weighted by molar-refractivity contribution is -0.384. The maximum Gasteiger partial charge on any atom is 0.453 e. The van der Waals surface area contributed by atoms with Crippen LogP contribution in [-0.4, -0.2) is 27.9 Å². The normalized spacial score (nSPS) is 12.1. The summed E-state index contributed by atoms with van der Waals surface area (Å²) in [5.41, 5.74) is -0.523. The Morgan fingerprint density at radius 1 is 1.24 bits per heavy atom. The number of carbonyl (C=O) groups excluding carboxylic acids is 1. The Balaban J connectivity index is 2.43. The summed E-state index contributed by atoms with van der Waals surface area (Å²) in [5.74, 6) is -5.77. The first-order valence-electron chi connectivity index (χ1n) is 6.98. The highest BCUT2D eigenvalue weighted by Gasteiger charge is 2.56. The van der Waals surface area contributed by atoms with E-state index in [1.165, 1.54) is 0 Å². The van der Waals surface area contributed by atoms with Crippen LogP contribution in [0.3, 0.4) is 0 Å². The smallest absolute Gasteiger partial charge is 0.305 e. The number of nitro groups is 1. The van der Waals surface area contributed by atoms with Gasteiger partial charge in [0.25, 0.3) is 0 Å². The highest BCUT2D eigenvalue weighted by atomic mass is 35.5. The van der Waals surface area contributed by atoms with Gasteiger partial charge in [-0.25, -0.2) is 4.98 Å². The zero-order chi connectivity index (χ0) is 19.3. The molecule has 140 valence electrons. The monoisotopic (exact) mass is 389 g/mol. The fraction of sp³-hybridized carbons (Fsp3) is 0.538. The third kappa shape index (κ3) is 6.40. The van der Waals surface area contributed by atoms with Gasteiger partial charge in [-0.1, -0.05) is 18.0 Å². The van der Waals surface area contributed by atoms with Crippen molar-refractivity contribution in [1.82, 2.24) is 4.98 Å². The number of nitrogens with zero attached hydrogens (tertiary/aromatic N) is 2. The fourth-order valence-corrected chi connectivity index (χ4v) is 1.96. The molecule has 0 unspecified atom stereocenters. The number of hydrogen-bond acceptors (Lipinski definition) is 4. The molecule has 1 rings (SSSR count). The first kappa shape index (κ1) is 21.0. The first-order valence-corrected chi connectivity index (χ1v) is 7.36. The van der Waals surface area contributed by atoms with Gasteiger partial charge < -0.3 is 5.32 Å². The van der Waals surface area contributed by atoms with E-state index in [0.29, 0.717) is 0 Å². The number of anilines is 1. The molecule has 0 aliphatic carbocycles. The first-order chi connectivity index (χ1) is 11.4. The van der Waals surface area contributed by atoms with Crippen LogP contribution >= 0.6 is 11.6 Å². The molecule has 0 bridgehead atoms. The number of alkyl halides is 5. The Bertz CT molecular complexity index is 640. The molecule has 0 radical (unpaired) electrons. The molecule has 0 atom stereocenters. The second kappa shape index (κ2) is 8.37. The molecule has 1 aromatic rings. The van der Waals surface area contributed by atoms with Crippen molar-refractivity contribution in [1.29, 1.82) is 0 Å². The predicted molar refractivity (Wildman–Crippen MR) is 78.6 cm³/mol. The molecule has 0 aromatic carbocycles. The standard InChI is InChI=1S/C13H13ClF5N3O3/c14-8-6-9(22(24)25)11(20-7-8)21-10(23)4-2-1-3-5-12(15,16)13(17,18)19/h6-7H,1-5H2,(H,20,21,23). The molecule has 0 fully saturated rings. The molecule has 1 heterocycles. The molecule has 0 saturated heterocycles. The van der Waals surface area contributed by atoms with Crippen LogP contribution in [0.2, 0.25) is 5.02 Å². The maximum atomic E-state index is 12.7. The molecule has 6 nitrogen and oxygen atoms in total.